The quantitative estimate of drug-likeness (QED) is 0.319. The Hall–Kier alpha value is -2.02. The highest BCUT2D eigenvalue weighted by molar-refractivity contribution is 6.78. The van der Waals surface area contributed by atoms with Crippen LogP contribution in [0.25, 0.3) is 0 Å². The smallest absolute Gasteiger partial charge is 0.407 e. The first-order valence-corrected chi connectivity index (χ1v) is 13.8. The molecule has 1 N–H and O–H groups in total. The minimum absolute atomic E-state index is 0.0939. The second-order valence-corrected chi connectivity index (χ2v) is 15.6. The minimum atomic E-state index is -2.07. The zero-order valence-corrected chi connectivity index (χ0v) is 22.6. The van der Waals surface area contributed by atoms with Gasteiger partial charge in [-0.25, -0.2) is 4.79 Å². The molecule has 182 valence electrons. The van der Waals surface area contributed by atoms with Crippen molar-refractivity contribution in [3.05, 3.63) is 29.8 Å². The van der Waals surface area contributed by atoms with E-state index in [0.29, 0.717) is 16.6 Å². The molecule has 6 nitrogen and oxygen atoms in total. The van der Waals surface area contributed by atoms with Crippen LogP contribution < -0.4 is 9.74 Å². The van der Waals surface area contributed by atoms with E-state index in [1.54, 1.807) is 27.7 Å². The zero-order valence-electron chi connectivity index (χ0n) is 21.6. The fourth-order valence-corrected chi connectivity index (χ4v) is 9.66. The Kier molecular flexibility index (Phi) is 10.3. The lowest BCUT2D eigenvalue weighted by atomic mass is 9.99. The van der Waals surface area contributed by atoms with Crippen LogP contribution in [0.1, 0.15) is 80.7 Å². The van der Waals surface area contributed by atoms with E-state index in [-0.39, 0.29) is 19.1 Å². The molecule has 1 rings (SSSR count). The number of esters is 1. The summed E-state index contributed by atoms with van der Waals surface area (Å²) < 4.78 is 17.2. The van der Waals surface area contributed by atoms with E-state index in [1.807, 2.05) is 24.3 Å². The first-order chi connectivity index (χ1) is 14.7. The summed E-state index contributed by atoms with van der Waals surface area (Å²) in [5, 5.41) is 2.69. The minimum Gasteiger partial charge on any atom is -0.543 e. The lowest BCUT2D eigenvalue weighted by Crippen LogP contribution is -2.50. The fraction of sp³-hybridized carbons (Fsp3) is 0.680. The van der Waals surface area contributed by atoms with Gasteiger partial charge in [0.15, 0.2) is 0 Å². The van der Waals surface area contributed by atoms with Crippen molar-refractivity contribution in [1.82, 2.24) is 5.32 Å². The summed E-state index contributed by atoms with van der Waals surface area (Å²) in [5.74, 6) is -0.189. The molecule has 0 spiro atoms. The largest absolute Gasteiger partial charge is 0.543 e. The summed E-state index contributed by atoms with van der Waals surface area (Å²) in [6.07, 6.45) is -0.562. The molecule has 0 aliphatic rings. The summed E-state index contributed by atoms with van der Waals surface area (Å²) in [7, 11) is -2.07. The molecule has 0 aliphatic heterocycles. The van der Waals surface area contributed by atoms with Crippen molar-refractivity contribution < 1.29 is 23.5 Å². The highest BCUT2D eigenvalue weighted by atomic mass is 28.4. The third-order valence-electron chi connectivity index (χ3n) is 5.70. The van der Waals surface area contributed by atoms with Crippen LogP contribution in [0.4, 0.5) is 4.79 Å². The van der Waals surface area contributed by atoms with Gasteiger partial charge in [0, 0.05) is 6.54 Å². The molecule has 1 aromatic carbocycles. The van der Waals surface area contributed by atoms with Crippen molar-refractivity contribution in [3.63, 3.8) is 0 Å². The van der Waals surface area contributed by atoms with Crippen LogP contribution in [0.5, 0.6) is 5.75 Å². The highest BCUT2D eigenvalue weighted by Gasteiger charge is 2.47. The van der Waals surface area contributed by atoms with Crippen LogP contribution in [0.15, 0.2) is 24.3 Å². The number of alkyl carbamates (subject to hydrolysis) is 1. The average Bonchev–Trinajstić information content (AvgIpc) is 2.65. The number of rotatable bonds is 10. The van der Waals surface area contributed by atoms with Gasteiger partial charge in [0.05, 0.1) is 12.5 Å². The van der Waals surface area contributed by atoms with E-state index in [1.165, 1.54) is 0 Å². The van der Waals surface area contributed by atoms with Gasteiger partial charge >= 0.3 is 12.1 Å². The van der Waals surface area contributed by atoms with E-state index >= 15 is 0 Å². The monoisotopic (exact) mass is 465 g/mol. The molecule has 0 radical (unpaired) electrons. The summed E-state index contributed by atoms with van der Waals surface area (Å²) in [5.41, 5.74) is 1.55. The van der Waals surface area contributed by atoms with Gasteiger partial charge in [-0.1, -0.05) is 53.7 Å². The Morgan fingerprint density at radius 1 is 0.938 bits per heavy atom. The van der Waals surface area contributed by atoms with Crippen LogP contribution in [0, 0.1) is 0 Å². The summed E-state index contributed by atoms with van der Waals surface area (Å²) in [6.45, 7) is 21.0. The van der Waals surface area contributed by atoms with Gasteiger partial charge in [-0.15, -0.1) is 0 Å². The fourth-order valence-electron chi connectivity index (χ4n) is 4.41. The molecule has 1 aromatic rings. The van der Waals surface area contributed by atoms with Crippen molar-refractivity contribution in [1.29, 1.82) is 0 Å². The molecule has 1 unspecified atom stereocenters. The van der Waals surface area contributed by atoms with E-state index in [0.717, 1.165) is 11.3 Å². The van der Waals surface area contributed by atoms with Crippen molar-refractivity contribution in [3.8, 4) is 5.75 Å². The number of ether oxygens (including phenoxy) is 2. The maximum Gasteiger partial charge on any atom is 0.407 e. The van der Waals surface area contributed by atoms with Crippen molar-refractivity contribution in [2.45, 2.75) is 97.4 Å². The second kappa shape index (κ2) is 11.7. The van der Waals surface area contributed by atoms with Crippen molar-refractivity contribution >= 4 is 20.4 Å². The van der Waals surface area contributed by atoms with E-state index in [9.17, 15) is 9.59 Å². The molecule has 0 fully saturated rings. The molecule has 1 atom stereocenters. The predicted molar refractivity (Wildman–Crippen MR) is 132 cm³/mol. The Labute approximate surface area is 195 Å². The molecule has 0 aromatic heterocycles. The standard InChI is InChI=1S/C25H43NO5Si/c1-11-29-23(27)22(16-26-24(28)30-25(8,9)10)20-12-14-21(15-13-20)31-32(17(2)3,18(4)5)19(6)7/h12-15,17-19,22H,11,16H2,1-10H3,(H,26,28). The highest BCUT2D eigenvalue weighted by Crippen LogP contribution is 2.42. The molecular formula is C25H43NO5Si. The van der Waals surface area contributed by atoms with E-state index in [2.05, 4.69) is 46.9 Å². The Morgan fingerprint density at radius 3 is 1.84 bits per heavy atom. The molecule has 0 heterocycles. The number of nitrogens with one attached hydrogen (secondary N) is 1. The molecule has 0 aliphatic carbocycles. The van der Waals surface area contributed by atoms with Gasteiger partial charge < -0.3 is 19.2 Å². The molecule has 32 heavy (non-hydrogen) atoms. The first-order valence-electron chi connectivity index (χ1n) is 11.7. The van der Waals surface area contributed by atoms with E-state index < -0.39 is 25.9 Å². The third-order valence-corrected chi connectivity index (χ3v) is 11.7. The number of amides is 1. The van der Waals surface area contributed by atoms with Gasteiger partial charge in [0.1, 0.15) is 11.4 Å². The number of hydrogen-bond donors (Lipinski definition) is 1. The SMILES string of the molecule is CCOC(=O)C(CNC(=O)OC(C)(C)C)c1ccc(O[Si](C(C)C)(C(C)C)C(C)C)cc1. The molecule has 0 bridgehead atoms. The van der Waals surface area contributed by atoms with E-state index in [4.69, 9.17) is 13.9 Å². The van der Waals surface area contributed by atoms with Gasteiger partial charge in [-0.3, -0.25) is 4.79 Å². The van der Waals surface area contributed by atoms with Crippen LogP contribution in [-0.2, 0) is 14.3 Å². The van der Waals surface area contributed by atoms with Gasteiger partial charge in [-0.05, 0) is 62.0 Å². The normalized spacial score (nSPS) is 13.3. The lowest BCUT2D eigenvalue weighted by molar-refractivity contribution is -0.144. The molecule has 0 saturated carbocycles. The maximum absolute atomic E-state index is 12.6. The molecule has 7 heteroatoms. The Balaban J connectivity index is 3.09. The van der Waals surface area contributed by atoms with Gasteiger partial charge in [-0.2, -0.15) is 0 Å². The molecule has 1 amide bonds. The van der Waals surface area contributed by atoms with Crippen LogP contribution >= 0.6 is 0 Å². The van der Waals surface area contributed by atoms with Gasteiger partial charge in [0.25, 0.3) is 8.32 Å². The average molecular weight is 466 g/mol. The van der Waals surface area contributed by atoms with Crippen molar-refractivity contribution in [2.75, 3.05) is 13.2 Å². The molecular weight excluding hydrogens is 422 g/mol. The molecule has 0 saturated heterocycles. The summed E-state index contributed by atoms with van der Waals surface area (Å²) in [4.78, 5) is 24.7. The third kappa shape index (κ3) is 7.54. The Bertz CT molecular complexity index is 716. The van der Waals surface area contributed by atoms with Gasteiger partial charge in [0.2, 0.25) is 0 Å². The van der Waals surface area contributed by atoms with Crippen LogP contribution in [0.2, 0.25) is 16.6 Å². The van der Waals surface area contributed by atoms with Crippen LogP contribution in [0.3, 0.4) is 0 Å². The summed E-state index contributed by atoms with van der Waals surface area (Å²) in [6, 6.07) is 7.61. The lowest BCUT2D eigenvalue weighted by Gasteiger charge is -2.42. The summed E-state index contributed by atoms with van der Waals surface area (Å²) >= 11 is 0. The second-order valence-electron chi connectivity index (χ2n) is 10.2. The zero-order chi connectivity index (χ0) is 24.7. The first kappa shape index (κ1) is 28.0. The number of hydrogen-bond acceptors (Lipinski definition) is 5. The predicted octanol–water partition coefficient (Wildman–Crippen LogP) is 6.41. The maximum atomic E-state index is 12.6. The van der Waals surface area contributed by atoms with Crippen LogP contribution in [-0.4, -0.2) is 39.1 Å². The number of carbonyl (C=O) groups excluding carboxylic acids is 2. The topological polar surface area (TPSA) is 73.9 Å². The number of carbonyl (C=O) groups is 2. The number of benzene rings is 1. The Morgan fingerprint density at radius 2 is 1.44 bits per heavy atom. The van der Waals surface area contributed by atoms with Crippen molar-refractivity contribution in [2.24, 2.45) is 0 Å².